The summed E-state index contributed by atoms with van der Waals surface area (Å²) in [5.41, 5.74) is 1.40. The van der Waals surface area contributed by atoms with Crippen LogP contribution in [0.15, 0.2) is 12.1 Å². The summed E-state index contributed by atoms with van der Waals surface area (Å²) in [6, 6.07) is 3.48. The van der Waals surface area contributed by atoms with E-state index in [0.29, 0.717) is 50.0 Å². The van der Waals surface area contributed by atoms with Crippen molar-refractivity contribution in [2.75, 3.05) is 43.1 Å². The number of rotatable bonds is 2. The number of fused-ring (bicyclic) bond motifs is 1. The van der Waals surface area contributed by atoms with Gasteiger partial charge in [-0.2, -0.15) is 0 Å². The summed E-state index contributed by atoms with van der Waals surface area (Å²) in [5, 5.41) is 14.5. The van der Waals surface area contributed by atoms with Crippen molar-refractivity contribution in [2.24, 2.45) is 0 Å². The van der Waals surface area contributed by atoms with E-state index in [1.165, 1.54) is 0 Å². The maximum absolute atomic E-state index is 11.3. The second-order valence-electron chi connectivity index (χ2n) is 5.05. The fourth-order valence-electron chi connectivity index (χ4n) is 2.52. The number of nitro groups is 1. The Bertz CT molecular complexity index is 529. The van der Waals surface area contributed by atoms with Crippen LogP contribution in [0.25, 0.3) is 0 Å². The highest BCUT2D eigenvalue weighted by molar-refractivity contribution is 5.75. The van der Waals surface area contributed by atoms with Crippen molar-refractivity contribution in [3.05, 3.63) is 22.2 Å². The summed E-state index contributed by atoms with van der Waals surface area (Å²) >= 11 is 0. The molecule has 1 unspecified atom stereocenters. The van der Waals surface area contributed by atoms with Crippen molar-refractivity contribution < 1.29 is 14.4 Å². The van der Waals surface area contributed by atoms with Crippen LogP contribution in [-0.2, 0) is 4.74 Å². The fourth-order valence-corrected chi connectivity index (χ4v) is 2.52. The number of anilines is 2. The molecule has 0 amide bonds. The van der Waals surface area contributed by atoms with E-state index >= 15 is 0 Å². The van der Waals surface area contributed by atoms with E-state index in [9.17, 15) is 10.1 Å². The van der Waals surface area contributed by atoms with Crippen molar-refractivity contribution in [1.29, 1.82) is 0 Å². The zero-order chi connectivity index (χ0) is 14.1. The lowest BCUT2D eigenvalue weighted by atomic mass is 10.1. The van der Waals surface area contributed by atoms with Gasteiger partial charge in [-0.1, -0.05) is 0 Å². The smallest absolute Gasteiger partial charge is 0.294 e. The SMILES string of the molecule is CC1COc2cc(N3CCOCC3)c([N+](=O)[O-])cc2N1. The number of hydrogen-bond donors (Lipinski definition) is 1. The van der Waals surface area contributed by atoms with Crippen LogP contribution in [0.5, 0.6) is 5.75 Å². The summed E-state index contributed by atoms with van der Waals surface area (Å²) in [4.78, 5) is 12.9. The van der Waals surface area contributed by atoms with Crippen LogP contribution in [0.4, 0.5) is 17.1 Å². The molecule has 2 aliphatic rings. The lowest BCUT2D eigenvalue weighted by Gasteiger charge is -2.30. The van der Waals surface area contributed by atoms with E-state index in [-0.39, 0.29) is 16.7 Å². The number of benzene rings is 1. The van der Waals surface area contributed by atoms with Crippen LogP contribution in [0.2, 0.25) is 0 Å². The monoisotopic (exact) mass is 279 g/mol. The normalized spacial score (nSPS) is 21.6. The Kier molecular flexibility index (Phi) is 3.35. The number of nitrogens with one attached hydrogen (secondary N) is 1. The van der Waals surface area contributed by atoms with Crippen LogP contribution in [-0.4, -0.2) is 43.9 Å². The van der Waals surface area contributed by atoms with Gasteiger partial charge in [-0.15, -0.1) is 0 Å². The molecular formula is C13H17N3O4. The molecule has 0 aromatic heterocycles. The summed E-state index contributed by atoms with van der Waals surface area (Å²) in [6.07, 6.45) is 0. The maximum Gasteiger partial charge on any atom is 0.294 e. The summed E-state index contributed by atoms with van der Waals surface area (Å²) < 4.78 is 11.0. The highest BCUT2D eigenvalue weighted by Gasteiger charge is 2.27. The first-order valence-electron chi connectivity index (χ1n) is 6.69. The van der Waals surface area contributed by atoms with E-state index in [1.807, 2.05) is 11.8 Å². The Morgan fingerprint density at radius 1 is 1.40 bits per heavy atom. The average Bonchev–Trinajstić information content (AvgIpc) is 2.46. The van der Waals surface area contributed by atoms with Gasteiger partial charge in [0.1, 0.15) is 18.0 Å². The van der Waals surface area contributed by atoms with Crippen LogP contribution < -0.4 is 15.0 Å². The van der Waals surface area contributed by atoms with Gasteiger partial charge < -0.3 is 19.7 Å². The average molecular weight is 279 g/mol. The molecule has 108 valence electrons. The van der Waals surface area contributed by atoms with E-state index < -0.39 is 0 Å². The minimum absolute atomic E-state index is 0.107. The standard InChI is InChI=1S/C13H17N3O4/c1-9-8-20-13-7-11(15-2-4-19-5-3-15)12(16(17)18)6-10(13)14-9/h6-7,9,14H,2-5,8H2,1H3. The molecule has 1 aromatic carbocycles. The largest absolute Gasteiger partial charge is 0.489 e. The van der Waals surface area contributed by atoms with Crippen LogP contribution in [0, 0.1) is 10.1 Å². The molecule has 1 N–H and O–H groups in total. The molecule has 0 radical (unpaired) electrons. The third kappa shape index (κ3) is 2.36. The maximum atomic E-state index is 11.3. The van der Waals surface area contributed by atoms with Gasteiger partial charge in [0.05, 0.1) is 29.9 Å². The third-order valence-electron chi connectivity index (χ3n) is 3.52. The van der Waals surface area contributed by atoms with Crippen molar-refractivity contribution >= 4 is 17.1 Å². The van der Waals surface area contributed by atoms with Crippen LogP contribution in [0.1, 0.15) is 6.92 Å². The highest BCUT2D eigenvalue weighted by Crippen LogP contribution is 2.40. The molecule has 2 aliphatic heterocycles. The predicted molar refractivity (Wildman–Crippen MR) is 74.7 cm³/mol. The van der Waals surface area contributed by atoms with Gasteiger partial charge in [0, 0.05) is 25.2 Å². The van der Waals surface area contributed by atoms with Gasteiger partial charge in [-0.25, -0.2) is 0 Å². The molecular weight excluding hydrogens is 262 g/mol. The van der Waals surface area contributed by atoms with Crippen LogP contribution in [0.3, 0.4) is 0 Å². The van der Waals surface area contributed by atoms with E-state index in [1.54, 1.807) is 12.1 Å². The van der Waals surface area contributed by atoms with E-state index in [0.717, 1.165) is 0 Å². The quantitative estimate of drug-likeness (QED) is 0.655. The Labute approximate surface area is 116 Å². The first-order valence-corrected chi connectivity index (χ1v) is 6.69. The zero-order valence-corrected chi connectivity index (χ0v) is 11.3. The van der Waals surface area contributed by atoms with Gasteiger partial charge in [0.2, 0.25) is 0 Å². The fraction of sp³-hybridized carbons (Fsp3) is 0.538. The summed E-state index contributed by atoms with van der Waals surface area (Å²) in [5.74, 6) is 0.676. The van der Waals surface area contributed by atoms with E-state index in [2.05, 4.69) is 5.32 Å². The van der Waals surface area contributed by atoms with Gasteiger partial charge in [0.25, 0.3) is 5.69 Å². The number of morpholine rings is 1. The highest BCUT2D eigenvalue weighted by atomic mass is 16.6. The number of nitrogens with zero attached hydrogens (tertiary/aromatic N) is 2. The topological polar surface area (TPSA) is 76.9 Å². The number of hydrogen-bond acceptors (Lipinski definition) is 6. The van der Waals surface area contributed by atoms with Gasteiger partial charge in [0.15, 0.2) is 0 Å². The van der Waals surface area contributed by atoms with Crippen molar-refractivity contribution in [1.82, 2.24) is 0 Å². The number of nitro benzene ring substituents is 1. The molecule has 20 heavy (non-hydrogen) atoms. The molecule has 0 aliphatic carbocycles. The van der Waals surface area contributed by atoms with Crippen LogP contribution >= 0.6 is 0 Å². The summed E-state index contributed by atoms with van der Waals surface area (Å²) in [7, 11) is 0. The molecule has 1 atom stereocenters. The van der Waals surface area contributed by atoms with Gasteiger partial charge in [-0.3, -0.25) is 10.1 Å². The van der Waals surface area contributed by atoms with E-state index in [4.69, 9.17) is 9.47 Å². The molecule has 0 spiro atoms. The summed E-state index contributed by atoms with van der Waals surface area (Å²) in [6.45, 7) is 5.03. The Morgan fingerprint density at radius 3 is 2.85 bits per heavy atom. The molecule has 1 fully saturated rings. The van der Waals surface area contributed by atoms with Gasteiger partial charge >= 0.3 is 0 Å². The molecule has 3 rings (SSSR count). The Hall–Kier alpha value is -2.02. The van der Waals surface area contributed by atoms with Gasteiger partial charge in [-0.05, 0) is 6.92 Å². The Balaban J connectivity index is 2.01. The second kappa shape index (κ2) is 5.16. The van der Waals surface area contributed by atoms with Crippen molar-refractivity contribution in [3.63, 3.8) is 0 Å². The lowest BCUT2D eigenvalue weighted by Crippen LogP contribution is -2.37. The second-order valence-corrected chi connectivity index (χ2v) is 5.05. The molecule has 7 nitrogen and oxygen atoms in total. The number of ether oxygens (including phenoxy) is 2. The van der Waals surface area contributed by atoms with Crippen molar-refractivity contribution in [2.45, 2.75) is 13.0 Å². The minimum atomic E-state index is -0.341. The molecule has 2 heterocycles. The Morgan fingerprint density at radius 2 is 2.15 bits per heavy atom. The molecule has 7 heteroatoms. The molecule has 0 saturated carbocycles. The minimum Gasteiger partial charge on any atom is -0.489 e. The third-order valence-corrected chi connectivity index (χ3v) is 3.52. The van der Waals surface area contributed by atoms with Crippen molar-refractivity contribution in [3.8, 4) is 5.75 Å². The molecule has 0 bridgehead atoms. The predicted octanol–water partition coefficient (Wildman–Crippen LogP) is 1.62. The first-order chi connectivity index (χ1) is 9.65. The zero-order valence-electron chi connectivity index (χ0n) is 11.3. The first kappa shape index (κ1) is 13.0. The molecule has 1 aromatic rings. The lowest BCUT2D eigenvalue weighted by molar-refractivity contribution is -0.384. The molecule has 1 saturated heterocycles.